The molecule has 2 atom stereocenters. The Morgan fingerprint density at radius 3 is 1.15 bits per heavy atom. The van der Waals surface area contributed by atoms with Crippen molar-refractivity contribution in [2.75, 3.05) is 56.9 Å². The van der Waals surface area contributed by atoms with E-state index in [0.29, 0.717) is 92.2 Å². The third-order valence-electron chi connectivity index (χ3n) is 10.4. The van der Waals surface area contributed by atoms with E-state index in [1.165, 1.54) is 56.9 Å². The largest absolute Gasteiger partial charge is 0.492 e. The Kier molecular flexibility index (Phi) is 17.0. The van der Waals surface area contributed by atoms with Crippen LogP contribution in [0.4, 0.5) is 0 Å². The summed E-state index contributed by atoms with van der Waals surface area (Å²) in [7, 11) is 12.0. The lowest BCUT2D eigenvalue weighted by atomic mass is 9.79. The third-order valence-corrected chi connectivity index (χ3v) is 10.4. The molecule has 0 radical (unpaired) electrons. The highest BCUT2D eigenvalue weighted by molar-refractivity contribution is 5.97. The summed E-state index contributed by atoms with van der Waals surface area (Å²) in [6.45, 7) is 3.71. The molecule has 0 amide bonds. The van der Waals surface area contributed by atoms with E-state index in [1.807, 2.05) is 26.0 Å². The van der Waals surface area contributed by atoms with Crippen LogP contribution in [0, 0.1) is 13.8 Å². The molecule has 4 aromatic carbocycles. The van der Waals surface area contributed by atoms with Crippen LogP contribution in [0.3, 0.4) is 0 Å². The molecule has 0 aliphatic carbocycles. The van der Waals surface area contributed by atoms with Crippen LogP contribution in [0.2, 0.25) is 0 Å². The molecule has 0 spiro atoms. The minimum Gasteiger partial charge on any atom is -0.492 e. The van der Waals surface area contributed by atoms with Gasteiger partial charge in [0, 0.05) is 35.1 Å². The van der Waals surface area contributed by atoms with E-state index in [2.05, 4.69) is 9.58 Å². The number of hydrogen-bond donors (Lipinski definition) is 0. The van der Waals surface area contributed by atoms with Crippen molar-refractivity contribution in [3.63, 3.8) is 0 Å². The van der Waals surface area contributed by atoms with Crippen molar-refractivity contribution in [3.05, 3.63) is 104 Å². The van der Waals surface area contributed by atoms with Gasteiger partial charge in [-0.2, -0.15) is 0 Å². The smallest absolute Gasteiger partial charge is 0.446 e. The summed E-state index contributed by atoms with van der Waals surface area (Å²) in [5.41, 5.74) is 23.1. The van der Waals surface area contributed by atoms with E-state index in [9.17, 15) is 9.59 Å². The molecule has 17 nitrogen and oxygen atoms in total. The van der Waals surface area contributed by atoms with Crippen molar-refractivity contribution < 1.29 is 71.3 Å². The zero-order chi connectivity index (χ0) is 45.5. The lowest BCUT2D eigenvalue weighted by molar-refractivity contribution is -0.142. The topological polar surface area (TPSA) is 216 Å². The number of ketones is 1. The van der Waals surface area contributed by atoms with Crippen LogP contribution in [0.1, 0.15) is 69.2 Å². The van der Waals surface area contributed by atoms with Gasteiger partial charge >= 0.3 is 24.7 Å². The summed E-state index contributed by atoms with van der Waals surface area (Å²) in [5, 5.41) is 0. The quantitative estimate of drug-likeness (QED) is 0.0276. The zero-order valence-corrected chi connectivity index (χ0v) is 36.4. The highest BCUT2D eigenvalue weighted by Gasteiger charge is 2.35. The van der Waals surface area contributed by atoms with Gasteiger partial charge in [0.25, 0.3) is 0 Å². The maximum atomic E-state index is 15.1. The van der Waals surface area contributed by atoms with Crippen LogP contribution >= 0.6 is 0 Å². The van der Waals surface area contributed by atoms with E-state index >= 15 is 4.79 Å². The lowest BCUT2D eigenvalue weighted by Crippen LogP contribution is -2.26. The fourth-order valence-electron chi connectivity index (χ4n) is 7.58. The molecule has 17 heteroatoms. The molecule has 62 heavy (non-hydrogen) atoms. The molecular formula is C45H50N4O13. The summed E-state index contributed by atoms with van der Waals surface area (Å²) in [4.78, 5) is 47.0. The molecule has 0 aliphatic rings. The number of hydrogen-bond acceptors (Lipinski definition) is 13. The van der Waals surface area contributed by atoms with Crippen molar-refractivity contribution in [3.8, 4) is 46.0 Å². The van der Waals surface area contributed by atoms with Gasteiger partial charge in [0.2, 0.25) is 23.0 Å². The maximum Gasteiger partial charge on any atom is 0.446 e. The van der Waals surface area contributed by atoms with E-state index in [1.54, 1.807) is 36.4 Å². The van der Waals surface area contributed by atoms with Gasteiger partial charge in [-0.15, -0.1) is 9.58 Å². The molecule has 0 saturated heterocycles. The van der Waals surface area contributed by atoms with Gasteiger partial charge in [-0.1, -0.05) is 48.5 Å². The number of esters is 2. The molecule has 2 unspecified atom stereocenters. The standard InChI is InChI=1S/C45H50N4O13/c1-25-31(40(55-5)44(59-9)42(57-7)38(25)53-3)19-27-13-11-15-29(17-27)33(21-35(50)61-23-48-46)37(52)34(22-36(51)62-24-49-47)30-16-12-14-28(18-30)20-32-26(2)39(54-4)43(58-8)45(60-10)41(32)56-6/h11-18,23-24,33-34H,19-22H2,1-10H3. The van der Waals surface area contributed by atoms with E-state index < -0.39 is 42.4 Å². The minimum atomic E-state index is -1.21. The Morgan fingerprint density at radius 1 is 0.516 bits per heavy atom. The van der Waals surface area contributed by atoms with E-state index in [-0.39, 0.29) is 12.8 Å². The molecule has 0 aliphatic heterocycles. The van der Waals surface area contributed by atoms with Gasteiger partial charge in [0.1, 0.15) is 5.78 Å². The number of rotatable bonds is 22. The molecule has 4 rings (SSSR count). The molecule has 0 bridgehead atoms. The molecule has 0 saturated carbocycles. The molecule has 4 aromatic rings. The van der Waals surface area contributed by atoms with Gasteiger partial charge in [-0.25, -0.2) is 0 Å². The normalized spacial score (nSPS) is 11.4. The number of methoxy groups -OCH3 is 8. The SMILES string of the molecule is COc1c(C)c(Cc2cccc(C(CC(=O)OC=[N+]=[N-])C(=O)C(CC(=O)OC=[N+]=[N-])c3cccc(Cc4c(C)c(OC)c(OC)c(OC)c4OC)c3)c2)c(OC)c(OC)c1OC. The Balaban J connectivity index is 1.88. The summed E-state index contributed by atoms with van der Waals surface area (Å²) in [6, 6.07) is 14.1. The van der Waals surface area contributed by atoms with E-state index in [0.717, 1.165) is 11.1 Å². The number of carbonyl (C=O) groups excluding carboxylic acids is 3. The monoisotopic (exact) mass is 854 g/mol. The van der Waals surface area contributed by atoms with Gasteiger partial charge in [0.15, 0.2) is 23.0 Å². The second-order valence-electron chi connectivity index (χ2n) is 13.7. The highest BCUT2D eigenvalue weighted by Crippen LogP contribution is 2.51. The van der Waals surface area contributed by atoms with Crippen molar-refractivity contribution >= 4 is 30.5 Å². The van der Waals surface area contributed by atoms with Crippen LogP contribution in [0.25, 0.3) is 11.1 Å². The van der Waals surface area contributed by atoms with Gasteiger partial charge < -0.3 is 58.4 Å². The Labute approximate surface area is 359 Å². The number of Topliss-reactive ketones (excluding diaryl/α,β-unsaturated/α-hetero) is 1. The molecule has 0 N–H and O–H groups in total. The van der Waals surface area contributed by atoms with Gasteiger partial charge in [0.05, 0.1) is 81.6 Å². The first-order valence-electron chi connectivity index (χ1n) is 19.0. The van der Waals surface area contributed by atoms with Crippen molar-refractivity contribution in [1.82, 2.24) is 0 Å². The number of nitrogens with zero attached hydrogens (tertiary/aromatic N) is 4. The van der Waals surface area contributed by atoms with Crippen LogP contribution in [-0.2, 0) is 36.7 Å². The number of benzene rings is 4. The van der Waals surface area contributed by atoms with Crippen molar-refractivity contribution in [2.45, 2.75) is 51.4 Å². The Hall–Kier alpha value is -7.35. The van der Waals surface area contributed by atoms with Crippen LogP contribution in [-0.4, -0.2) is 97.0 Å². The molecule has 0 fully saturated rings. The summed E-state index contributed by atoms with van der Waals surface area (Å²) < 4.78 is 55.5. The van der Waals surface area contributed by atoms with Gasteiger partial charge in [-0.3, -0.25) is 14.4 Å². The van der Waals surface area contributed by atoms with Gasteiger partial charge in [-0.05, 0) is 36.1 Å². The van der Waals surface area contributed by atoms with Crippen LogP contribution < -0.4 is 37.9 Å². The molecular weight excluding hydrogens is 805 g/mol. The highest BCUT2D eigenvalue weighted by atomic mass is 16.6. The van der Waals surface area contributed by atoms with Crippen molar-refractivity contribution in [2.24, 2.45) is 0 Å². The van der Waals surface area contributed by atoms with Crippen LogP contribution in [0.15, 0.2) is 48.5 Å². The van der Waals surface area contributed by atoms with Crippen molar-refractivity contribution in [1.29, 1.82) is 0 Å². The van der Waals surface area contributed by atoms with E-state index in [4.69, 9.17) is 58.4 Å². The fourth-order valence-corrected chi connectivity index (χ4v) is 7.58. The Bertz CT molecular complexity index is 2220. The first-order valence-corrected chi connectivity index (χ1v) is 19.0. The third kappa shape index (κ3) is 10.3. The second kappa shape index (κ2) is 22.3. The lowest BCUT2D eigenvalue weighted by Gasteiger charge is -2.24. The minimum absolute atomic E-state index is 0.268. The molecule has 328 valence electrons. The fraction of sp³-hybridized carbons (Fsp3) is 0.356. The van der Waals surface area contributed by atoms with Crippen LogP contribution in [0.5, 0.6) is 46.0 Å². The zero-order valence-electron chi connectivity index (χ0n) is 36.4. The predicted octanol–water partition coefficient (Wildman–Crippen LogP) is 6.37. The second-order valence-corrected chi connectivity index (χ2v) is 13.7. The number of carbonyl (C=O) groups is 3. The first kappa shape index (κ1) is 47.3. The summed E-state index contributed by atoms with van der Waals surface area (Å²) >= 11 is 0. The maximum absolute atomic E-state index is 15.1. The first-order chi connectivity index (χ1) is 29.9. The molecule has 0 heterocycles. The summed E-state index contributed by atoms with van der Waals surface area (Å²) in [6.07, 6.45) is 0.615. The number of ether oxygens (including phenoxy) is 10. The average molecular weight is 855 g/mol. The average Bonchev–Trinajstić information content (AvgIpc) is 3.28. The molecule has 0 aromatic heterocycles. The predicted molar refractivity (Wildman–Crippen MR) is 225 cm³/mol. The summed E-state index contributed by atoms with van der Waals surface area (Å²) in [5.74, 6) is -1.65. The Morgan fingerprint density at radius 2 is 0.839 bits per heavy atom.